The molecule has 6 N–H and O–H groups in total. The van der Waals surface area contributed by atoms with Crippen LogP contribution in [-0.2, 0) is 33.5 Å². The number of carboxylic acids is 2. The highest BCUT2D eigenvalue weighted by Gasteiger charge is 2.24. The van der Waals surface area contributed by atoms with E-state index in [9.17, 15) is 28.8 Å². The highest BCUT2D eigenvalue weighted by atomic mass is 32.2. The third-order valence-electron chi connectivity index (χ3n) is 4.04. The number of carbonyl (C=O) groups is 6. The van der Waals surface area contributed by atoms with Gasteiger partial charge in [-0.25, -0.2) is 4.79 Å². The normalized spacial score (nSPS) is 12.3. The molecule has 0 aliphatic heterocycles. The van der Waals surface area contributed by atoms with Gasteiger partial charge in [0.25, 0.3) is 0 Å². The van der Waals surface area contributed by atoms with Crippen LogP contribution in [0, 0.1) is 0 Å². The van der Waals surface area contributed by atoms with Gasteiger partial charge in [0.05, 0.1) is 12.4 Å². The molecule has 12 nitrogen and oxygen atoms in total. The van der Waals surface area contributed by atoms with Gasteiger partial charge in [-0.3, -0.25) is 24.0 Å². The number of rotatable bonds is 18. The van der Waals surface area contributed by atoms with Crippen LogP contribution < -0.4 is 16.4 Å². The van der Waals surface area contributed by atoms with Gasteiger partial charge in [-0.15, -0.1) is 0 Å². The van der Waals surface area contributed by atoms with Crippen molar-refractivity contribution in [1.82, 2.24) is 10.6 Å². The molecule has 0 aliphatic rings. The lowest BCUT2D eigenvalue weighted by atomic mass is 10.1. The van der Waals surface area contributed by atoms with Gasteiger partial charge in [-0.05, 0) is 12.8 Å². The maximum Gasteiger partial charge on any atom is 0.375 e. The average molecular weight is 478 g/mol. The van der Waals surface area contributed by atoms with E-state index < -0.39 is 54.1 Å². The number of Topliss-reactive ketones (excluding diaryl/α,β-unsaturated/α-hetero) is 1. The first-order valence-electron chi connectivity index (χ1n) is 10.1. The van der Waals surface area contributed by atoms with Crippen molar-refractivity contribution in [2.24, 2.45) is 5.73 Å². The molecule has 2 atom stereocenters. The fourth-order valence-electron chi connectivity index (χ4n) is 2.25. The Morgan fingerprint density at radius 2 is 1.75 bits per heavy atom. The molecule has 2 unspecified atom stereocenters. The summed E-state index contributed by atoms with van der Waals surface area (Å²) < 4.78 is 4.88. The fourth-order valence-corrected chi connectivity index (χ4v) is 3.14. The van der Waals surface area contributed by atoms with Crippen molar-refractivity contribution in [3.8, 4) is 0 Å². The summed E-state index contributed by atoms with van der Waals surface area (Å²) >= 11 is 0.887. The van der Waals surface area contributed by atoms with Gasteiger partial charge in [0.2, 0.25) is 17.6 Å². The van der Waals surface area contributed by atoms with E-state index in [1.165, 1.54) is 0 Å². The molecule has 0 aromatic carbocycles. The Hall–Kier alpha value is -2.67. The zero-order valence-corrected chi connectivity index (χ0v) is 18.8. The molecule has 0 fully saturated rings. The number of esters is 1. The Morgan fingerprint density at radius 3 is 2.34 bits per heavy atom. The smallest absolute Gasteiger partial charge is 0.375 e. The van der Waals surface area contributed by atoms with E-state index >= 15 is 0 Å². The maximum atomic E-state index is 12.2. The summed E-state index contributed by atoms with van der Waals surface area (Å²) in [6.07, 6.45) is 3.12. The SMILES string of the molecule is CCCCCCOC(=O)C(=O)CSCC(NC(=O)CCC(N)C(=O)O)C(=O)NCC(=O)O. The van der Waals surface area contributed by atoms with E-state index in [1.807, 2.05) is 6.92 Å². The zero-order chi connectivity index (χ0) is 24.5. The largest absolute Gasteiger partial charge is 0.480 e. The number of nitrogens with one attached hydrogen (secondary N) is 2. The van der Waals surface area contributed by atoms with Crippen LogP contribution >= 0.6 is 11.8 Å². The molecule has 2 amide bonds. The minimum Gasteiger partial charge on any atom is -0.480 e. The molecule has 0 aromatic rings. The molecule has 0 radical (unpaired) electrons. The third-order valence-corrected chi connectivity index (χ3v) is 5.08. The molecule has 0 aliphatic carbocycles. The Kier molecular flexibility index (Phi) is 15.5. The average Bonchev–Trinajstić information content (AvgIpc) is 2.74. The molecule has 0 spiro atoms. The predicted molar refractivity (Wildman–Crippen MR) is 115 cm³/mol. The van der Waals surface area contributed by atoms with Crippen LogP contribution in [0.1, 0.15) is 45.4 Å². The maximum absolute atomic E-state index is 12.2. The Morgan fingerprint density at radius 1 is 1.06 bits per heavy atom. The molecule has 0 bridgehead atoms. The lowest BCUT2D eigenvalue weighted by Crippen LogP contribution is -2.49. The Balaban J connectivity index is 4.62. The molecule has 182 valence electrons. The Labute approximate surface area is 190 Å². The molecule has 13 heteroatoms. The molecule has 32 heavy (non-hydrogen) atoms. The monoisotopic (exact) mass is 477 g/mol. The van der Waals surface area contributed by atoms with Crippen molar-refractivity contribution in [2.75, 3.05) is 24.7 Å². The third kappa shape index (κ3) is 14.4. The van der Waals surface area contributed by atoms with Crippen molar-refractivity contribution in [3.63, 3.8) is 0 Å². The van der Waals surface area contributed by atoms with Crippen molar-refractivity contribution in [3.05, 3.63) is 0 Å². The van der Waals surface area contributed by atoms with Gasteiger partial charge in [-0.1, -0.05) is 26.2 Å². The fraction of sp³-hybridized carbons (Fsp3) is 0.684. The lowest BCUT2D eigenvalue weighted by molar-refractivity contribution is -0.152. The number of ether oxygens (including phenoxy) is 1. The highest BCUT2D eigenvalue weighted by Crippen LogP contribution is 2.07. The van der Waals surface area contributed by atoms with Gasteiger partial charge < -0.3 is 31.3 Å². The van der Waals surface area contributed by atoms with Crippen LogP contribution in [0.4, 0.5) is 0 Å². The van der Waals surface area contributed by atoms with Crippen LogP contribution in [0.2, 0.25) is 0 Å². The number of amides is 2. The summed E-state index contributed by atoms with van der Waals surface area (Å²) in [6, 6.07) is -2.45. The van der Waals surface area contributed by atoms with Crippen LogP contribution in [0.3, 0.4) is 0 Å². The summed E-state index contributed by atoms with van der Waals surface area (Å²) in [4.78, 5) is 69.1. The molecule has 0 rings (SSSR count). The highest BCUT2D eigenvalue weighted by molar-refractivity contribution is 8.00. The number of hydrogen-bond donors (Lipinski definition) is 5. The van der Waals surface area contributed by atoms with Gasteiger partial charge in [0.1, 0.15) is 18.6 Å². The van der Waals surface area contributed by atoms with E-state index in [0.29, 0.717) is 6.42 Å². The summed E-state index contributed by atoms with van der Waals surface area (Å²) in [7, 11) is 0. The first-order chi connectivity index (χ1) is 15.1. The standard InChI is InChI=1S/C19H31N3O9S/c1-2-3-4-5-8-31-19(30)14(23)11-32-10-13(17(27)21-9-16(25)26)22-15(24)7-6-12(20)18(28)29/h12-13H,2-11,20H2,1H3,(H,21,27)(H,22,24)(H,25,26)(H,28,29). The number of unbranched alkanes of at least 4 members (excludes halogenated alkanes) is 3. The first-order valence-corrected chi connectivity index (χ1v) is 11.3. The predicted octanol–water partition coefficient (Wildman–Crippen LogP) is -0.710. The minimum absolute atomic E-state index is 0.127. The van der Waals surface area contributed by atoms with Crippen molar-refractivity contribution in [2.45, 2.75) is 57.5 Å². The number of nitrogens with two attached hydrogens (primary N) is 1. The summed E-state index contributed by atoms with van der Waals surface area (Å²) in [5.41, 5.74) is 5.33. The minimum atomic E-state index is -1.29. The first kappa shape index (κ1) is 29.3. The van der Waals surface area contributed by atoms with Gasteiger partial charge in [-0.2, -0.15) is 11.8 Å². The van der Waals surface area contributed by atoms with Crippen molar-refractivity contribution < 1.29 is 43.7 Å². The number of carboxylic acid groups (broad SMARTS) is 2. The zero-order valence-electron chi connectivity index (χ0n) is 18.0. The van der Waals surface area contributed by atoms with Crippen molar-refractivity contribution in [1.29, 1.82) is 0 Å². The quantitative estimate of drug-likeness (QED) is 0.0947. The summed E-state index contributed by atoms with van der Waals surface area (Å²) in [6.45, 7) is 1.50. The van der Waals surface area contributed by atoms with E-state index in [2.05, 4.69) is 10.6 Å². The second-order valence-electron chi connectivity index (χ2n) is 6.85. The van der Waals surface area contributed by atoms with E-state index in [1.54, 1.807) is 0 Å². The van der Waals surface area contributed by atoms with Gasteiger partial charge in [0, 0.05) is 12.2 Å². The second-order valence-corrected chi connectivity index (χ2v) is 7.88. The molecule has 0 saturated carbocycles. The second kappa shape index (κ2) is 17.0. The number of carbonyl (C=O) groups excluding carboxylic acids is 4. The van der Waals surface area contributed by atoms with Crippen LogP contribution in [0.25, 0.3) is 0 Å². The van der Waals surface area contributed by atoms with Crippen LogP contribution in [0.15, 0.2) is 0 Å². The Bertz CT molecular complexity index is 672. The van der Waals surface area contributed by atoms with Crippen LogP contribution in [-0.4, -0.2) is 82.5 Å². The van der Waals surface area contributed by atoms with Gasteiger partial charge in [0.15, 0.2) is 0 Å². The van der Waals surface area contributed by atoms with Gasteiger partial charge >= 0.3 is 17.9 Å². The molecular weight excluding hydrogens is 446 g/mol. The molecule has 0 aromatic heterocycles. The lowest BCUT2D eigenvalue weighted by Gasteiger charge is -2.18. The number of hydrogen-bond acceptors (Lipinski definition) is 9. The topological polar surface area (TPSA) is 202 Å². The van der Waals surface area contributed by atoms with E-state index in [0.717, 1.165) is 31.0 Å². The summed E-state index contributed by atoms with van der Waals surface area (Å²) in [5.74, 6) is -6.24. The molecule has 0 saturated heterocycles. The number of thioether (sulfide) groups is 1. The van der Waals surface area contributed by atoms with Crippen LogP contribution in [0.5, 0.6) is 0 Å². The number of ketones is 1. The van der Waals surface area contributed by atoms with Crippen molar-refractivity contribution >= 4 is 47.3 Å². The molecule has 0 heterocycles. The van der Waals surface area contributed by atoms with E-state index in [-0.39, 0.29) is 31.0 Å². The molecular formula is C19H31N3O9S. The van der Waals surface area contributed by atoms with E-state index in [4.69, 9.17) is 20.7 Å². The summed E-state index contributed by atoms with van der Waals surface area (Å²) in [5, 5.41) is 21.9. The number of aliphatic carboxylic acids is 2.